The van der Waals surface area contributed by atoms with E-state index in [1.807, 2.05) is 44.2 Å². The fourth-order valence-electron chi connectivity index (χ4n) is 2.30. The third kappa shape index (κ3) is 3.71. The van der Waals surface area contributed by atoms with Gasteiger partial charge in [-0.15, -0.1) is 11.3 Å². The smallest absolute Gasteiger partial charge is 0.225 e. The van der Waals surface area contributed by atoms with E-state index < -0.39 is 0 Å². The Morgan fingerprint density at radius 3 is 2.67 bits per heavy atom. The zero-order valence-corrected chi connectivity index (χ0v) is 13.1. The first-order chi connectivity index (χ1) is 10.2. The summed E-state index contributed by atoms with van der Waals surface area (Å²) in [7, 11) is 0. The molecule has 0 saturated heterocycles. The number of hydrogen-bond donors (Lipinski definition) is 1. The summed E-state index contributed by atoms with van der Waals surface area (Å²) in [5.41, 5.74) is 2.80. The van der Waals surface area contributed by atoms with Crippen LogP contribution in [-0.2, 0) is 17.6 Å². The minimum absolute atomic E-state index is 0.0424. The lowest BCUT2D eigenvalue weighted by Gasteiger charge is -2.04. The van der Waals surface area contributed by atoms with Gasteiger partial charge in [-0.2, -0.15) is 5.26 Å². The number of aryl methyl sites for hydroxylation is 2. The normalized spacial score (nSPS) is 10.1. The van der Waals surface area contributed by atoms with Gasteiger partial charge in [0, 0.05) is 11.3 Å². The molecule has 0 spiro atoms. The van der Waals surface area contributed by atoms with Crippen molar-refractivity contribution in [1.29, 1.82) is 5.26 Å². The Labute approximate surface area is 129 Å². The fraction of sp³-hybridized carbons (Fsp3) is 0.294. The van der Waals surface area contributed by atoms with Crippen molar-refractivity contribution < 1.29 is 4.79 Å². The summed E-state index contributed by atoms with van der Waals surface area (Å²) in [6, 6.07) is 12.1. The number of anilines is 1. The van der Waals surface area contributed by atoms with E-state index in [-0.39, 0.29) is 5.91 Å². The van der Waals surface area contributed by atoms with Crippen LogP contribution < -0.4 is 5.32 Å². The van der Waals surface area contributed by atoms with Crippen molar-refractivity contribution in [2.45, 2.75) is 33.1 Å². The number of hydrogen-bond acceptors (Lipinski definition) is 3. The maximum Gasteiger partial charge on any atom is 0.225 e. The molecule has 21 heavy (non-hydrogen) atoms. The van der Waals surface area contributed by atoms with Crippen LogP contribution in [0, 0.1) is 18.3 Å². The fourth-order valence-corrected chi connectivity index (χ4v) is 3.41. The molecule has 0 radical (unpaired) electrons. The molecule has 0 unspecified atom stereocenters. The molecule has 4 heteroatoms. The molecular formula is C17H18N2OS. The SMILES string of the molecule is CCc1c(C)sc(NC(=O)CCc2ccccc2)c1C#N. The molecule has 0 atom stereocenters. The first-order valence-corrected chi connectivity index (χ1v) is 7.83. The molecule has 0 bridgehead atoms. The van der Waals surface area contributed by atoms with Crippen molar-refractivity contribution in [3.63, 3.8) is 0 Å². The molecule has 0 aliphatic carbocycles. The number of benzene rings is 1. The van der Waals surface area contributed by atoms with Crippen molar-refractivity contribution in [2.75, 3.05) is 5.32 Å². The van der Waals surface area contributed by atoms with Gasteiger partial charge in [0.1, 0.15) is 11.1 Å². The van der Waals surface area contributed by atoms with E-state index in [0.717, 1.165) is 22.4 Å². The summed E-state index contributed by atoms with van der Waals surface area (Å²) in [6.45, 7) is 4.01. The first kappa shape index (κ1) is 15.3. The largest absolute Gasteiger partial charge is 0.317 e. The van der Waals surface area contributed by atoms with E-state index >= 15 is 0 Å². The number of thiophene rings is 1. The van der Waals surface area contributed by atoms with Crippen molar-refractivity contribution in [2.24, 2.45) is 0 Å². The Balaban J connectivity index is 2.02. The van der Waals surface area contributed by atoms with Crippen LogP contribution in [0.1, 0.15) is 34.9 Å². The maximum atomic E-state index is 12.0. The Bertz CT molecular complexity index is 668. The average molecular weight is 298 g/mol. The third-order valence-electron chi connectivity index (χ3n) is 3.41. The lowest BCUT2D eigenvalue weighted by atomic mass is 10.1. The standard InChI is InChI=1S/C17H18N2OS/c1-3-14-12(2)21-17(15(14)11-18)19-16(20)10-9-13-7-5-4-6-8-13/h4-8H,3,9-10H2,1-2H3,(H,19,20). The van der Waals surface area contributed by atoms with Crippen LogP contribution in [0.15, 0.2) is 30.3 Å². The molecule has 1 N–H and O–H groups in total. The number of nitriles is 1. The Kier molecular flexibility index (Phi) is 5.13. The summed E-state index contributed by atoms with van der Waals surface area (Å²) < 4.78 is 0. The van der Waals surface area contributed by atoms with E-state index in [2.05, 4.69) is 11.4 Å². The Morgan fingerprint density at radius 2 is 2.05 bits per heavy atom. The summed E-state index contributed by atoms with van der Waals surface area (Å²) in [6.07, 6.45) is 1.94. The van der Waals surface area contributed by atoms with Gasteiger partial charge in [0.15, 0.2) is 0 Å². The first-order valence-electron chi connectivity index (χ1n) is 7.01. The topological polar surface area (TPSA) is 52.9 Å². The van der Waals surface area contributed by atoms with Gasteiger partial charge in [0.25, 0.3) is 0 Å². The van der Waals surface area contributed by atoms with E-state index in [0.29, 0.717) is 23.4 Å². The molecule has 0 saturated carbocycles. The molecular weight excluding hydrogens is 280 g/mol. The number of rotatable bonds is 5. The maximum absolute atomic E-state index is 12.0. The molecule has 2 rings (SSSR count). The summed E-state index contributed by atoms with van der Waals surface area (Å²) in [4.78, 5) is 13.2. The van der Waals surface area contributed by atoms with E-state index in [1.54, 1.807) is 0 Å². The van der Waals surface area contributed by atoms with Gasteiger partial charge in [-0.1, -0.05) is 37.3 Å². The second kappa shape index (κ2) is 7.05. The van der Waals surface area contributed by atoms with E-state index in [9.17, 15) is 10.1 Å². The molecule has 0 aliphatic heterocycles. The second-order valence-electron chi connectivity index (χ2n) is 4.84. The zero-order chi connectivity index (χ0) is 15.2. The Morgan fingerprint density at radius 1 is 1.33 bits per heavy atom. The summed E-state index contributed by atoms with van der Waals surface area (Å²) >= 11 is 1.49. The number of nitrogens with zero attached hydrogens (tertiary/aromatic N) is 1. The van der Waals surface area contributed by atoms with Gasteiger partial charge in [-0.3, -0.25) is 4.79 Å². The minimum Gasteiger partial charge on any atom is -0.317 e. The minimum atomic E-state index is -0.0424. The lowest BCUT2D eigenvalue weighted by Crippen LogP contribution is -2.12. The van der Waals surface area contributed by atoms with Crippen molar-refractivity contribution >= 4 is 22.2 Å². The van der Waals surface area contributed by atoms with Crippen molar-refractivity contribution in [1.82, 2.24) is 0 Å². The number of carbonyl (C=O) groups excluding carboxylic acids is 1. The molecule has 0 aliphatic rings. The van der Waals surface area contributed by atoms with Crippen LogP contribution >= 0.6 is 11.3 Å². The van der Waals surface area contributed by atoms with Crippen LogP contribution in [-0.4, -0.2) is 5.91 Å². The number of amides is 1. The highest BCUT2D eigenvalue weighted by atomic mass is 32.1. The van der Waals surface area contributed by atoms with Crippen LogP contribution in [0.2, 0.25) is 0 Å². The quantitative estimate of drug-likeness (QED) is 0.905. The highest BCUT2D eigenvalue weighted by molar-refractivity contribution is 7.16. The van der Waals surface area contributed by atoms with E-state index in [4.69, 9.17) is 0 Å². The van der Waals surface area contributed by atoms with Crippen molar-refractivity contribution in [3.05, 3.63) is 51.9 Å². The van der Waals surface area contributed by atoms with Crippen molar-refractivity contribution in [3.8, 4) is 6.07 Å². The zero-order valence-electron chi connectivity index (χ0n) is 12.3. The van der Waals surface area contributed by atoms with E-state index in [1.165, 1.54) is 11.3 Å². The lowest BCUT2D eigenvalue weighted by molar-refractivity contribution is -0.116. The average Bonchev–Trinajstić information content (AvgIpc) is 2.80. The molecule has 1 aromatic heterocycles. The van der Waals surface area contributed by atoms with Gasteiger partial charge >= 0.3 is 0 Å². The molecule has 1 aromatic carbocycles. The number of nitrogens with one attached hydrogen (secondary N) is 1. The second-order valence-corrected chi connectivity index (χ2v) is 6.06. The molecule has 0 fully saturated rings. The predicted molar refractivity (Wildman–Crippen MR) is 86.5 cm³/mol. The third-order valence-corrected chi connectivity index (χ3v) is 4.47. The molecule has 1 amide bonds. The Hall–Kier alpha value is -2.12. The molecule has 1 heterocycles. The molecule has 108 valence electrons. The monoisotopic (exact) mass is 298 g/mol. The highest BCUT2D eigenvalue weighted by Gasteiger charge is 2.16. The van der Waals surface area contributed by atoms with Gasteiger partial charge in [-0.25, -0.2) is 0 Å². The highest BCUT2D eigenvalue weighted by Crippen LogP contribution is 2.32. The van der Waals surface area contributed by atoms with Crippen LogP contribution in [0.4, 0.5) is 5.00 Å². The van der Waals surface area contributed by atoms with Gasteiger partial charge in [0.05, 0.1) is 5.56 Å². The molecule has 2 aromatic rings. The van der Waals surface area contributed by atoms with Gasteiger partial charge < -0.3 is 5.32 Å². The molecule has 3 nitrogen and oxygen atoms in total. The van der Waals surface area contributed by atoms with Gasteiger partial charge in [0.2, 0.25) is 5.91 Å². The van der Waals surface area contributed by atoms with Gasteiger partial charge in [-0.05, 0) is 30.9 Å². The summed E-state index contributed by atoms with van der Waals surface area (Å²) in [5.74, 6) is -0.0424. The van der Waals surface area contributed by atoms with Crippen LogP contribution in [0.3, 0.4) is 0 Å². The number of carbonyl (C=O) groups is 1. The van der Waals surface area contributed by atoms with Crippen LogP contribution in [0.5, 0.6) is 0 Å². The predicted octanol–water partition coefficient (Wildman–Crippen LogP) is 4.06. The summed E-state index contributed by atoms with van der Waals surface area (Å²) in [5, 5.41) is 12.8. The van der Waals surface area contributed by atoms with Crippen LogP contribution in [0.25, 0.3) is 0 Å².